The Labute approximate surface area is 149 Å². The molecule has 3 heterocycles. The lowest BCUT2D eigenvalue weighted by Gasteiger charge is -2.48. The Morgan fingerprint density at radius 2 is 1.80 bits per heavy atom. The number of nitriles is 1. The topological polar surface area (TPSA) is 65.4 Å². The van der Waals surface area contributed by atoms with Gasteiger partial charge >= 0.3 is 0 Å². The summed E-state index contributed by atoms with van der Waals surface area (Å²) in [5.41, 5.74) is 0.520. The summed E-state index contributed by atoms with van der Waals surface area (Å²) >= 11 is 0. The third kappa shape index (κ3) is 2.65. The van der Waals surface area contributed by atoms with Crippen molar-refractivity contribution in [3.8, 4) is 6.07 Å². The molecule has 1 N–H and O–H groups in total. The van der Waals surface area contributed by atoms with Gasteiger partial charge in [0.2, 0.25) is 5.91 Å². The molecule has 4 rings (SSSR count). The average Bonchev–Trinajstić information content (AvgIpc) is 2.99. The van der Waals surface area contributed by atoms with Gasteiger partial charge in [-0.2, -0.15) is 5.26 Å². The number of carbonyl (C=O) groups excluding carboxylic acids is 1. The number of nitrogens with one attached hydrogen (secondary N) is 1. The molecule has 3 aliphatic rings. The van der Waals surface area contributed by atoms with Crippen LogP contribution in [0, 0.1) is 16.7 Å². The summed E-state index contributed by atoms with van der Waals surface area (Å²) in [7, 11) is 0. The minimum absolute atomic E-state index is 0.194. The minimum Gasteiger partial charge on any atom is -0.381 e. The molecule has 3 saturated heterocycles. The van der Waals surface area contributed by atoms with Gasteiger partial charge in [-0.1, -0.05) is 30.3 Å². The van der Waals surface area contributed by atoms with E-state index in [4.69, 9.17) is 4.74 Å². The molecule has 3 aliphatic heterocycles. The zero-order valence-corrected chi connectivity index (χ0v) is 14.5. The molecule has 0 radical (unpaired) electrons. The Bertz CT molecular complexity index is 668. The molecule has 5 nitrogen and oxygen atoms in total. The van der Waals surface area contributed by atoms with Crippen LogP contribution in [0.25, 0.3) is 0 Å². The van der Waals surface area contributed by atoms with Crippen molar-refractivity contribution in [2.24, 2.45) is 5.41 Å². The lowest BCUT2D eigenvalue weighted by molar-refractivity contribution is -0.132. The lowest BCUT2D eigenvalue weighted by Crippen LogP contribution is -2.57. The number of ether oxygens (including phenoxy) is 1. The number of hydrogen-bond donors (Lipinski definition) is 1. The number of hydrogen-bond acceptors (Lipinski definition) is 4. The molecule has 5 heteroatoms. The minimum atomic E-state index is -0.406. The second-order valence-electron chi connectivity index (χ2n) is 7.57. The van der Waals surface area contributed by atoms with E-state index in [9.17, 15) is 10.1 Å². The van der Waals surface area contributed by atoms with E-state index in [0.29, 0.717) is 13.2 Å². The number of benzene rings is 1. The van der Waals surface area contributed by atoms with Crippen LogP contribution < -0.4 is 5.32 Å². The molecule has 1 spiro atoms. The molecule has 1 unspecified atom stereocenters. The first-order valence-electron chi connectivity index (χ1n) is 9.28. The molecule has 25 heavy (non-hydrogen) atoms. The van der Waals surface area contributed by atoms with E-state index in [-0.39, 0.29) is 17.2 Å². The van der Waals surface area contributed by atoms with Gasteiger partial charge < -0.3 is 10.1 Å². The quantitative estimate of drug-likeness (QED) is 0.896. The van der Waals surface area contributed by atoms with Gasteiger partial charge in [-0.3, -0.25) is 9.69 Å². The van der Waals surface area contributed by atoms with Crippen LogP contribution in [0.3, 0.4) is 0 Å². The number of likely N-dealkylation sites (tertiary alicyclic amines) is 1. The van der Waals surface area contributed by atoms with Crippen molar-refractivity contribution in [2.75, 3.05) is 32.8 Å². The molecule has 0 aromatic heterocycles. The first-order valence-corrected chi connectivity index (χ1v) is 9.28. The first kappa shape index (κ1) is 16.6. The van der Waals surface area contributed by atoms with E-state index in [0.717, 1.165) is 45.3 Å². The molecule has 1 aromatic carbocycles. The van der Waals surface area contributed by atoms with E-state index in [1.807, 2.05) is 18.2 Å². The number of carbonyl (C=O) groups is 1. The number of piperidine rings is 1. The van der Waals surface area contributed by atoms with E-state index in [2.05, 4.69) is 28.4 Å². The van der Waals surface area contributed by atoms with Crippen molar-refractivity contribution in [1.29, 1.82) is 5.26 Å². The normalized spacial score (nSPS) is 28.4. The van der Waals surface area contributed by atoms with Gasteiger partial charge in [0.05, 0.1) is 11.5 Å². The Balaban J connectivity index is 1.55. The summed E-state index contributed by atoms with van der Waals surface area (Å²) in [6.07, 6.45) is 3.18. The zero-order chi connectivity index (χ0) is 17.3. The van der Waals surface area contributed by atoms with E-state index >= 15 is 0 Å². The highest BCUT2D eigenvalue weighted by Crippen LogP contribution is 2.49. The summed E-state index contributed by atoms with van der Waals surface area (Å²) in [4.78, 5) is 15.1. The fourth-order valence-electron chi connectivity index (χ4n) is 4.96. The van der Waals surface area contributed by atoms with Crippen molar-refractivity contribution in [3.63, 3.8) is 0 Å². The number of amides is 1. The first-order chi connectivity index (χ1) is 12.2. The van der Waals surface area contributed by atoms with Crippen LogP contribution >= 0.6 is 0 Å². The van der Waals surface area contributed by atoms with Gasteiger partial charge in [-0.15, -0.1) is 0 Å². The third-order valence-electron chi connectivity index (χ3n) is 6.58. The maximum absolute atomic E-state index is 12.8. The van der Waals surface area contributed by atoms with Crippen molar-refractivity contribution in [3.05, 3.63) is 35.9 Å². The predicted molar refractivity (Wildman–Crippen MR) is 93.8 cm³/mol. The van der Waals surface area contributed by atoms with Crippen LogP contribution in [-0.2, 0) is 9.53 Å². The van der Waals surface area contributed by atoms with Crippen molar-refractivity contribution < 1.29 is 9.53 Å². The molecular formula is C20H25N3O2. The lowest BCUT2D eigenvalue weighted by atomic mass is 9.67. The molecule has 1 aromatic rings. The van der Waals surface area contributed by atoms with Gasteiger partial charge in [-0.25, -0.2) is 0 Å². The Hall–Kier alpha value is -1.90. The summed E-state index contributed by atoms with van der Waals surface area (Å²) in [6, 6.07) is 12.9. The van der Waals surface area contributed by atoms with Crippen molar-refractivity contribution in [2.45, 2.75) is 37.1 Å². The number of nitrogens with zero attached hydrogens (tertiary/aromatic N) is 2. The highest BCUT2D eigenvalue weighted by Gasteiger charge is 2.54. The second-order valence-corrected chi connectivity index (χ2v) is 7.57. The maximum atomic E-state index is 12.8. The van der Waals surface area contributed by atoms with Gasteiger partial charge in [0, 0.05) is 51.6 Å². The van der Waals surface area contributed by atoms with Crippen LogP contribution in [0.5, 0.6) is 0 Å². The van der Waals surface area contributed by atoms with Crippen LogP contribution in [-0.4, -0.2) is 49.2 Å². The van der Waals surface area contributed by atoms with Crippen molar-refractivity contribution >= 4 is 5.91 Å². The van der Waals surface area contributed by atoms with E-state index in [1.165, 1.54) is 5.56 Å². The fraction of sp³-hybridized carbons (Fsp3) is 0.600. The van der Waals surface area contributed by atoms with Gasteiger partial charge in [-0.05, 0) is 18.4 Å². The highest BCUT2D eigenvalue weighted by atomic mass is 16.5. The molecule has 132 valence electrons. The van der Waals surface area contributed by atoms with Crippen LogP contribution in [0.1, 0.15) is 37.2 Å². The van der Waals surface area contributed by atoms with Gasteiger partial charge in [0.1, 0.15) is 5.54 Å². The highest BCUT2D eigenvalue weighted by molar-refractivity contribution is 5.86. The maximum Gasteiger partial charge on any atom is 0.227 e. The Morgan fingerprint density at radius 3 is 2.44 bits per heavy atom. The SMILES string of the molecule is N#CC1(N2CCC3(CC2)C(=O)NCC3c2ccccc2)CCOCC1. The Morgan fingerprint density at radius 1 is 1.12 bits per heavy atom. The molecular weight excluding hydrogens is 314 g/mol. The zero-order valence-electron chi connectivity index (χ0n) is 14.5. The summed E-state index contributed by atoms with van der Waals surface area (Å²) in [5, 5.41) is 12.9. The average molecular weight is 339 g/mol. The fourth-order valence-corrected chi connectivity index (χ4v) is 4.96. The van der Waals surface area contributed by atoms with E-state index in [1.54, 1.807) is 0 Å². The van der Waals surface area contributed by atoms with Crippen LogP contribution in [0.15, 0.2) is 30.3 Å². The molecule has 0 saturated carbocycles. The largest absolute Gasteiger partial charge is 0.381 e. The predicted octanol–water partition coefficient (Wildman–Crippen LogP) is 2.05. The third-order valence-corrected chi connectivity index (χ3v) is 6.58. The van der Waals surface area contributed by atoms with E-state index < -0.39 is 5.54 Å². The monoisotopic (exact) mass is 339 g/mol. The summed E-state index contributed by atoms with van der Waals surface area (Å²) < 4.78 is 5.46. The number of rotatable bonds is 2. The molecule has 3 fully saturated rings. The van der Waals surface area contributed by atoms with Crippen LogP contribution in [0.2, 0.25) is 0 Å². The van der Waals surface area contributed by atoms with Crippen LogP contribution in [0.4, 0.5) is 0 Å². The van der Waals surface area contributed by atoms with Gasteiger partial charge in [0.15, 0.2) is 0 Å². The smallest absolute Gasteiger partial charge is 0.227 e. The second kappa shape index (κ2) is 6.44. The van der Waals surface area contributed by atoms with Gasteiger partial charge in [0.25, 0.3) is 0 Å². The molecule has 0 aliphatic carbocycles. The molecule has 0 bridgehead atoms. The summed E-state index contributed by atoms with van der Waals surface area (Å²) in [6.45, 7) is 3.65. The summed E-state index contributed by atoms with van der Waals surface area (Å²) in [5.74, 6) is 0.426. The van der Waals surface area contributed by atoms with Crippen molar-refractivity contribution in [1.82, 2.24) is 10.2 Å². The molecule has 1 atom stereocenters. The Kier molecular flexibility index (Phi) is 4.26. The standard InChI is InChI=1S/C20H25N3O2/c21-15-19(8-12-25-13-9-19)23-10-6-20(7-11-23)17(14-22-18(20)24)16-4-2-1-3-5-16/h1-5,17H,6-14H2,(H,22,24). The molecule has 1 amide bonds.